The van der Waals surface area contributed by atoms with Crippen LogP contribution in [-0.2, 0) is 37.6 Å². The molecule has 0 bridgehead atoms. The number of sulfonamides is 2. The third kappa shape index (κ3) is 7.31. The Bertz CT molecular complexity index is 1550. The minimum atomic E-state index is -4.62. The number of hydrogen-bond donors (Lipinski definition) is 2. The van der Waals surface area contributed by atoms with Crippen LogP contribution in [0.3, 0.4) is 0 Å². The van der Waals surface area contributed by atoms with E-state index >= 15 is 0 Å². The number of carbonyl (C=O) groups excluding carboxylic acids is 1. The Morgan fingerprint density at radius 3 is 2.12 bits per heavy atom. The zero-order valence-corrected chi connectivity index (χ0v) is 22.7. The second kappa shape index (κ2) is 11.9. The first-order chi connectivity index (χ1) is 18.8. The summed E-state index contributed by atoms with van der Waals surface area (Å²) >= 11 is 0. The average molecular weight is 598 g/mol. The van der Waals surface area contributed by atoms with Gasteiger partial charge in [-0.25, -0.2) is 16.8 Å². The molecule has 0 aromatic heterocycles. The molecule has 1 aliphatic heterocycles. The quantitative estimate of drug-likeness (QED) is 0.365. The van der Waals surface area contributed by atoms with E-state index in [9.17, 15) is 34.8 Å². The van der Waals surface area contributed by atoms with Crippen LogP contribution in [0, 0.1) is 0 Å². The van der Waals surface area contributed by atoms with Crippen molar-refractivity contribution in [3.8, 4) is 5.75 Å². The summed E-state index contributed by atoms with van der Waals surface area (Å²) in [6.07, 6.45) is -2.93. The zero-order chi connectivity index (χ0) is 29.0. The molecule has 0 unspecified atom stereocenters. The molecule has 14 heteroatoms. The number of hydrogen-bond acceptors (Lipinski definition) is 6. The molecule has 1 heterocycles. The van der Waals surface area contributed by atoms with Crippen LogP contribution in [0.1, 0.15) is 24.0 Å². The maximum absolute atomic E-state index is 12.9. The summed E-state index contributed by atoms with van der Waals surface area (Å²) < 4.78 is 98.0. The van der Waals surface area contributed by atoms with E-state index in [4.69, 9.17) is 4.74 Å². The van der Waals surface area contributed by atoms with Crippen molar-refractivity contribution in [2.24, 2.45) is 0 Å². The lowest BCUT2D eigenvalue weighted by molar-refractivity contribution is -0.137. The average Bonchev–Trinajstić information content (AvgIpc) is 3.47. The van der Waals surface area contributed by atoms with Gasteiger partial charge in [-0.2, -0.15) is 17.5 Å². The molecule has 1 amide bonds. The number of halogens is 3. The molecule has 9 nitrogen and oxygen atoms in total. The number of benzene rings is 3. The van der Waals surface area contributed by atoms with Crippen LogP contribution < -0.4 is 14.8 Å². The maximum atomic E-state index is 12.9. The number of anilines is 1. The van der Waals surface area contributed by atoms with Crippen molar-refractivity contribution in [2.45, 2.75) is 35.4 Å². The molecule has 1 aliphatic rings. The summed E-state index contributed by atoms with van der Waals surface area (Å²) in [6.45, 7) is 0.797. The molecule has 0 atom stereocenters. The predicted molar refractivity (Wildman–Crippen MR) is 140 cm³/mol. The van der Waals surface area contributed by atoms with Gasteiger partial charge in [0, 0.05) is 25.3 Å². The van der Waals surface area contributed by atoms with Gasteiger partial charge >= 0.3 is 6.18 Å². The first kappa shape index (κ1) is 29.4. The van der Waals surface area contributed by atoms with Crippen LogP contribution in [0.4, 0.5) is 18.9 Å². The highest BCUT2D eigenvalue weighted by atomic mass is 32.2. The summed E-state index contributed by atoms with van der Waals surface area (Å²) in [5.74, 6) is -0.263. The molecule has 2 N–H and O–H groups in total. The number of carbonyl (C=O) groups is 1. The van der Waals surface area contributed by atoms with E-state index in [1.165, 1.54) is 46.8 Å². The molecule has 1 fully saturated rings. The van der Waals surface area contributed by atoms with Crippen molar-refractivity contribution in [3.05, 3.63) is 83.9 Å². The van der Waals surface area contributed by atoms with E-state index < -0.39 is 37.7 Å². The van der Waals surface area contributed by atoms with Crippen LogP contribution >= 0.6 is 0 Å². The smallest absolute Gasteiger partial charge is 0.416 e. The Kier molecular flexibility index (Phi) is 8.71. The van der Waals surface area contributed by atoms with Crippen LogP contribution in [0.5, 0.6) is 5.75 Å². The lowest BCUT2D eigenvalue weighted by atomic mass is 10.2. The molecule has 1 saturated heterocycles. The number of nitrogens with one attached hydrogen (secondary N) is 2. The minimum absolute atomic E-state index is 0.143. The van der Waals surface area contributed by atoms with Crippen molar-refractivity contribution in [3.63, 3.8) is 0 Å². The second-order valence-corrected chi connectivity index (χ2v) is 12.6. The predicted octanol–water partition coefficient (Wildman–Crippen LogP) is 3.99. The van der Waals surface area contributed by atoms with Crippen molar-refractivity contribution in [1.82, 2.24) is 9.62 Å². The SMILES string of the molecule is O=C(COc1ccc(S(=O)(=O)Nc2cccc(C(F)(F)F)c2)cc1)NCc1ccc(S(=O)(=O)N2CCCC2)cc1. The van der Waals surface area contributed by atoms with E-state index in [2.05, 4.69) is 10.0 Å². The lowest BCUT2D eigenvalue weighted by Gasteiger charge is -2.15. The van der Waals surface area contributed by atoms with E-state index in [0.717, 1.165) is 25.0 Å². The van der Waals surface area contributed by atoms with Gasteiger partial charge in [-0.15, -0.1) is 0 Å². The third-order valence-electron chi connectivity index (χ3n) is 6.06. The van der Waals surface area contributed by atoms with Gasteiger partial charge < -0.3 is 10.1 Å². The van der Waals surface area contributed by atoms with Crippen molar-refractivity contribution < 1.29 is 39.5 Å². The highest BCUT2D eigenvalue weighted by Crippen LogP contribution is 2.31. The highest BCUT2D eigenvalue weighted by molar-refractivity contribution is 7.92. The Morgan fingerprint density at radius 1 is 0.875 bits per heavy atom. The lowest BCUT2D eigenvalue weighted by Crippen LogP contribution is -2.29. The van der Waals surface area contributed by atoms with E-state index in [0.29, 0.717) is 24.7 Å². The molecular formula is C26H26F3N3O6S2. The summed E-state index contributed by atoms with van der Waals surface area (Å²) in [6, 6.07) is 15.1. The van der Waals surface area contributed by atoms with Crippen molar-refractivity contribution in [2.75, 3.05) is 24.4 Å². The van der Waals surface area contributed by atoms with Gasteiger partial charge in [0.2, 0.25) is 10.0 Å². The van der Waals surface area contributed by atoms with Gasteiger partial charge in [0.15, 0.2) is 6.61 Å². The van der Waals surface area contributed by atoms with E-state index in [-0.39, 0.29) is 34.4 Å². The second-order valence-electron chi connectivity index (χ2n) is 8.98. The molecule has 0 saturated carbocycles. The summed E-state index contributed by atoms with van der Waals surface area (Å²) in [4.78, 5) is 12.2. The molecule has 4 rings (SSSR count). The van der Waals surface area contributed by atoms with Crippen molar-refractivity contribution in [1.29, 1.82) is 0 Å². The number of ether oxygens (including phenoxy) is 1. The molecule has 214 valence electrons. The zero-order valence-electron chi connectivity index (χ0n) is 21.0. The molecule has 0 spiro atoms. The largest absolute Gasteiger partial charge is 0.484 e. The normalized spacial score (nSPS) is 14.6. The molecule has 3 aromatic rings. The first-order valence-electron chi connectivity index (χ1n) is 12.1. The topological polar surface area (TPSA) is 122 Å². The Hall–Kier alpha value is -3.62. The van der Waals surface area contributed by atoms with Gasteiger partial charge in [-0.3, -0.25) is 9.52 Å². The fourth-order valence-corrected chi connectivity index (χ4v) is 6.51. The van der Waals surface area contributed by atoms with Gasteiger partial charge in [0.25, 0.3) is 15.9 Å². The van der Waals surface area contributed by atoms with E-state index in [1.54, 1.807) is 12.1 Å². The van der Waals surface area contributed by atoms with Crippen LogP contribution in [-0.4, -0.2) is 46.7 Å². The standard InChI is InChI=1S/C26H26F3N3O6S2/c27-26(28,29)20-4-3-5-21(16-20)31-39(34,35)23-12-8-22(9-13-23)38-18-25(33)30-17-19-6-10-24(11-7-19)40(36,37)32-14-1-2-15-32/h3-13,16,31H,1-2,14-15,17-18H2,(H,30,33). The van der Waals surface area contributed by atoms with E-state index in [1.807, 2.05) is 0 Å². The molecule has 0 aliphatic carbocycles. The molecule has 0 radical (unpaired) electrons. The summed E-state index contributed by atoms with van der Waals surface area (Å²) in [5.41, 5.74) is -0.538. The highest BCUT2D eigenvalue weighted by Gasteiger charge is 2.31. The maximum Gasteiger partial charge on any atom is 0.416 e. The first-order valence-corrected chi connectivity index (χ1v) is 15.1. The van der Waals surface area contributed by atoms with Crippen molar-refractivity contribution >= 4 is 31.6 Å². The number of nitrogens with zero attached hydrogens (tertiary/aromatic N) is 1. The number of alkyl halides is 3. The Morgan fingerprint density at radius 2 is 1.50 bits per heavy atom. The third-order valence-corrected chi connectivity index (χ3v) is 9.37. The number of rotatable bonds is 10. The van der Waals surface area contributed by atoms with Crippen LogP contribution in [0.15, 0.2) is 82.6 Å². The Labute approximate surface area is 230 Å². The van der Waals surface area contributed by atoms with Crippen LogP contribution in [0.2, 0.25) is 0 Å². The van der Waals surface area contributed by atoms with Gasteiger partial charge in [-0.05, 0) is 73.0 Å². The fourth-order valence-electron chi connectivity index (χ4n) is 3.95. The van der Waals surface area contributed by atoms with Crippen LogP contribution in [0.25, 0.3) is 0 Å². The summed E-state index contributed by atoms with van der Waals surface area (Å²) in [5, 5.41) is 2.65. The van der Waals surface area contributed by atoms with Gasteiger partial charge in [0.1, 0.15) is 5.75 Å². The van der Waals surface area contributed by atoms with Gasteiger partial charge in [-0.1, -0.05) is 18.2 Å². The Balaban J connectivity index is 1.27. The molecule has 3 aromatic carbocycles. The fraction of sp³-hybridized carbons (Fsp3) is 0.269. The minimum Gasteiger partial charge on any atom is -0.484 e. The monoisotopic (exact) mass is 597 g/mol. The molecular weight excluding hydrogens is 571 g/mol. The number of amides is 1. The summed E-state index contributed by atoms with van der Waals surface area (Å²) in [7, 11) is -7.69. The van der Waals surface area contributed by atoms with Gasteiger partial charge in [0.05, 0.1) is 15.4 Å². The molecule has 40 heavy (non-hydrogen) atoms.